The average Bonchev–Trinajstić information content (AvgIpc) is 3.00. The van der Waals surface area contributed by atoms with Crippen LogP contribution >= 0.6 is 0 Å². The Morgan fingerprint density at radius 1 is 1.21 bits per heavy atom. The lowest BCUT2D eigenvalue weighted by molar-refractivity contribution is -0.117. The van der Waals surface area contributed by atoms with Crippen molar-refractivity contribution in [3.63, 3.8) is 0 Å². The van der Waals surface area contributed by atoms with E-state index in [0.29, 0.717) is 12.0 Å². The summed E-state index contributed by atoms with van der Waals surface area (Å²) in [6, 6.07) is 16.3. The van der Waals surface area contributed by atoms with Gasteiger partial charge in [0, 0.05) is 0 Å². The maximum absolute atomic E-state index is 12.3. The summed E-state index contributed by atoms with van der Waals surface area (Å²) < 4.78 is 0. The second-order valence-corrected chi connectivity index (χ2v) is 5.42. The van der Waals surface area contributed by atoms with E-state index >= 15 is 0 Å². The van der Waals surface area contributed by atoms with E-state index < -0.39 is 5.91 Å². The van der Waals surface area contributed by atoms with Crippen LogP contribution in [0.2, 0.25) is 0 Å². The van der Waals surface area contributed by atoms with Gasteiger partial charge in [0.05, 0.1) is 6.21 Å². The van der Waals surface area contributed by atoms with Crippen molar-refractivity contribution < 1.29 is 9.90 Å². The lowest BCUT2D eigenvalue weighted by Crippen LogP contribution is -2.20. The molecule has 2 N–H and O–H groups in total. The summed E-state index contributed by atoms with van der Waals surface area (Å²) in [5.41, 5.74) is 5.99. The molecule has 0 unspecified atom stereocenters. The Balaban J connectivity index is 1.79. The van der Waals surface area contributed by atoms with Gasteiger partial charge in [-0.25, -0.2) is 5.43 Å². The number of aryl methyl sites for hydroxylation is 1. The Kier molecular flexibility index (Phi) is 4.39. The van der Waals surface area contributed by atoms with Crippen molar-refractivity contribution in [2.45, 2.75) is 12.8 Å². The van der Waals surface area contributed by atoms with Gasteiger partial charge in [0.25, 0.3) is 5.91 Å². The first-order valence-corrected chi connectivity index (χ1v) is 7.53. The highest BCUT2D eigenvalue weighted by atomic mass is 16.3. The Morgan fingerprint density at radius 3 is 2.83 bits per heavy atom. The van der Waals surface area contributed by atoms with E-state index in [0.717, 1.165) is 23.1 Å². The Hall–Kier alpha value is -3.39. The van der Waals surface area contributed by atoms with Crippen molar-refractivity contribution in [2.75, 3.05) is 0 Å². The van der Waals surface area contributed by atoms with E-state index in [2.05, 4.69) is 10.5 Å². The molecule has 0 bridgehead atoms. The van der Waals surface area contributed by atoms with Gasteiger partial charge in [-0.3, -0.25) is 4.79 Å². The predicted octanol–water partition coefficient (Wildman–Crippen LogP) is 2.77. The molecule has 0 aromatic heterocycles. The molecule has 1 amide bonds. The largest absolute Gasteiger partial charge is 0.508 e. The Labute approximate surface area is 139 Å². The van der Waals surface area contributed by atoms with Gasteiger partial charge >= 0.3 is 0 Å². The first kappa shape index (κ1) is 15.5. The number of amides is 1. The Morgan fingerprint density at radius 2 is 2.04 bits per heavy atom. The second kappa shape index (κ2) is 6.80. The number of carbonyl (C=O) groups excluding carboxylic acids is 1. The van der Waals surface area contributed by atoms with Crippen molar-refractivity contribution in [1.29, 1.82) is 5.26 Å². The van der Waals surface area contributed by atoms with E-state index in [1.54, 1.807) is 18.2 Å². The number of benzene rings is 2. The van der Waals surface area contributed by atoms with E-state index in [-0.39, 0.29) is 11.3 Å². The fourth-order valence-corrected chi connectivity index (χ4v) is 2.77. The quantitative estimate of drug-likeness (QED) is 0.395. The predicted molar refractivity (Wildman–Crippen MR) is 91.1 cm³/mol. The number of hydrazone groups is 1. The van der Waals surface area contributed by atoms with Crippen LogP contribution in [0, 0.1) is 11.3 Å². The Bertz CT molecular complexity index is 891. The molecule has 5 heteroatoms. The highest BCUT2D eigenvalue weighted by Crippen LogP contribution is 2.34. The molecule has 1 aliphatic carbocycles. The van der Waals surface area contributed by atoms with E-state index in [1.807, 2.05) is 30.3 Å². The molecule has 0 saturated carbocycles. The minimum absolute atomic E-state index is 0.0907. The van der Waals surface area contributed by atoms with Crippen molar-refractivity contribution in [2.24, 2.45) is 5.10 Å². The molecule has 0 spiro atoms. The van der Waals surface area contributed by atoms with E-state index in [9.17, 15) is 15.2 Å². The summed E-state index contributed by atoms with van der Waals surface area (Å²) in [4.78, 5) is 12.3. The standard InChI is InChI=1S/C19H15N3O2/c20-11-18(17-9-8-14-5-1-2-7-16(14)17)19(24)22-21-12-13-4-3-6-15(23)10-13/h1-7,10,12,23H,8-9H2,(H,22,24)/b18-17+,21-12+. The van der Waals surface area contributed by atoms with Crippen molar-refractivity contribution >= 4 is 17.7 Å². The van der Waals surface area contributed by atoms with Crippen LogP contribution in [0.3, 0.4) is 0 Å². The van der Waals surface area contributed by atoms with E-state index in [4.69, 9.17) is 0 Å². The zero-order chi connectivity index (χ0) is 16.9. The molecular weight excluding hydrogens is 302 g/mol. The fraction of sp³-hybridized carbons (Fsp3) is 0.105. The van der Waals surface area contributed by atoms with Gasteiger partial charge in [0.1, 0.15) is 17.4 Å². The van der Waals surface area contributed by atoms with Gasteiger partial charge in [0.2, 0.25) is 0 Å². The molecular formula is C19H15N3O2. The zero-order valence-corrected chi connectivity index (χ0v) is 12.9. The van der Waals surface area contributed by atoms with Crippen LogP contribution in [-0.2, 0) is 11.2 Å². The highest BCUT2D eigenvalue weighted by molar-refractivity contribution is 6.05. The first-order valence-electron chi connectivity index (χ1n) is 7.53. The summed E-state index contributed by atoms with van der Waals surface area (Å²) >= 11 is 0. The number of phenols is 1. The minimum Gasteiger partial charge on any atom is -0.508 e. The average molecular weight is 317 g/mol. The minimum atomic E-state index is -0.527. The molecule has 0 aliphatic heterocycles. The summed E-state index contributed by atoms with van der Waals surface area (Å²) in [6.45, 7) is 0. The van der Waals surface area contributed by atoms with Gasteiger partial charge in [-0.1, -0.05) is 36.4 Å². The van der Waals surface area contributed by atoms with Crippen LogP contribution < -0.4 is 5.43 Å². The zero-order valence-electron chi connectivity index (χ0n) is 12.9. The summed E-state index contributed by atoms with van der Waals surface area (Å²) in [5, 5.41) is 22.6. The van der Waals surface area contributed by atoms with Crippen LogP contribution in [0.4, 0.5) is 0 Å². The number of aromatic hydroxyl groups is 1. The summed E-state index contributed by atoms with van der Waals surface area (Å²) in [5.74, 6) is -0.409. The van der Waals surface area contributed by atoms with Crippen molar-refractivity contribution in [1.82, 2.24) is 5.43 Å². The second-order valence-electron chi connectivity index (χ2n) is 5.42. The molecule has 118 valence electrons. The lowest BCUT2D eigenvalue weighted by Gasteiger charge is -2.04. The van der Waals surface area contributed by atoms with Gasteiger partial charge in [-0.15, -0.1) is 0 Å². The topological polar surface area (TPSA) is 85.5 Å². The van der Waals surface area contributed by atoms with Gasteiger partial charge in [0.15, 0.2) is 0 Å². The molecule has 5 nitrogen and oxygen atoms in total. The molecule has 0 radical (unpaired) electrons. The summed E-state index contributed by atoms with van der Waals surface area (Å²) in [6.07, 6.45) is 2.92. The number of hydrogen-bond donors (Lipinski definition) is 2. The molecule has 2 aromatic rings. The van der Waals surface area contributed by atoms with E-state index in [1.165, 1.54) is 12.3 Å². The van der Waals surface area contributed by atoms with Crippen molar-refractivity contribution in [3.05, 3.63) is 70.8 Å². The third-order valence-electron chi connectivity index (χ3n) is 3.88. The van der Waals surface area contributed by atoms with Crippen LogP contribution in [0.5, 0.6) is 5.75 Å². The number of allylic oxidation sites excluding steroid dienone is 1. The number of phenolic OH excluding ortho intramolecular Hbond substituents is 1. The normalized spacial score (nSPS) is 15.0. The van der Waals surface area contributed by atoms with Crippen LogP contribution in [0.25, 0.3) is 5.57 Å². The number of rotatable bonds is 3. The lowest BCUT2D eigenvalue weighted by atomic mass is 10.0. The van der Waals surface area contributed by atoms with Crippen molar-refractivity contribution in [3.8, 4) is 11.8 Å². The first-order chi connectivity index (χ1) is 11.7. The third kappa shape index (κ3) is 3.18. The van der Waals surface area contributed by atoms with Crippen LogP contribution in [0.15, 0.2) is 59.2 Å². The monoisotopic (exact) mass is 317 g/mol. The molecule has 0 saturated heterocycles. The van der Waals surface area contributed by atoms with Gasteiger partial charge in [-0.2, -0.15) is 10.4 Å². The third-order valence-corrected chi connectivity index (χ3v) is 3.88. The van der Waals surface area contributed by atoms with Crippen LogP contribution in [-0.4, -0.2) is 17.2 Å². The molecule has 24 heavy (non-hydrogen) atoms. The smallest absolute Gasteiger partial charge is 0.282 e. The van der Waals surface area contributed by atoms with Gasteiger partial charge < -0.3 is 5.11 Å². The number of nitrogens with zero attached hydrogens (tertiary/aromatic N) is 2. The SMILES string of the molecule is N#C/C(C(=O)N/N=C/c1cccc(O)c1)=C1/CCc2ccccc21. The highest BCUT2D eigenvalue weighted by Gasteiger charge is 2.22. The number of hydrogen-bond acceptors (Lipinski definition) is 4. The fourth-order valence-electron chi connectivity index (χ4n) is 2.77. The summed E-state index contributed by atoms with van der Waals surface area (Å²) in [7, 11) is 0. The van der Waals surface area contributed by atoms with Crippen LogP contribution in [0.1, 0.15) is 23.1 Å². The molecule has 1 aliphatic rings. The number of nitrogens with one attached hydrogen (secondary N) is 1. The maximum atomic E-state index is 12.3. The van der Waals surface area contributed by atoms with Gasteiger partial charge in [-0.05, 0) is 47.2 Å². The number of carbonyl (C=O) groups is 1. The molecule has 0 fully saturated rings. The molecule has 3 rings (SSSR count). The number of fused-ring (bicyclic) bond motifs is 1. The maximum Gasteiger partial charge on any atom is 0.282 e. The molecule has 0 heterocycles. The molecule has 0 atom stereocenters. The molecule has 2 aromatic carbocycles. The number of nitriles is 1.